The molecule has 0 aliphatic heterocycles. The summed E-state index contributed by atoms with van der Waals surface area (Å²) in [5, 5.41) is 12.5. The minimum absolute atomic E-state index is 0.200. The number of ether oxygens (including phenoxy) is 1. The van der Waals surface area contributed by atoms with E-state index in [1.807, 2.05) is 24.3 Å². The van der Waals surface area contributed by atoms with E-state index in [0.717, 1.165) is 10.2 Å². The van der Waals surface area contributed by atoms with Crippen molar-refractivity contribution in [3.05, 3.63) is 24.3 Å². The second-order valence-corrected chi connectivity index (χ2v) is 4.46. The molecule has 2 N–H and O–H groups in total. The summed E-state index contributed by atoms with van der Waals surface area (Å²) < 4.78 is 5.89. The summed E-state index contributed by atoms with van der Waals surface area (Å²) in [4.78, 5) is 15.1. The number of nitrogens with one attached hydrogen (secondary N) is 1. The number of thiazole rings is 1. The Hall–Kier alpha value is -1.66. The predicted molar refractivity (Wildman–Crippen MR) is 66.5 cm³/mol. The van der Waals surface area contributed by atoms with Crippen LogP contribution >= 0.6 is 11.3 Å². The normalized spacial score (nSPS) is 12.5. The first-order valence-corrected chi connectivity index (χ1v) is 5.87. The highest BCUT2D eigenvalue weighted by molar-refractivity contribution is 7.22. The molecular weight excluding hydrogens is 240 g/mol. The third-order valence-electron chi connectivity index (χ3n) is 2.29. The number of benzene rings is 1. The van der Waals surface area contributed by atoms with Crippen molar-refractivity contribution >= 4 is 32.7 Å². The molecule has 2 aromatic rings. The summed E-state index contributed by atoms with van der Waals surface area (Å²) >= 11 is 1.49. The van der Waals surface area contributed by atoms with E-state index in [1.165, 1.54) is 18.4 Å². The number of carbonyl (C=O) groups is 1. The lowest BCUT2D eigenvalue weighted by molar-refractivity contribution is -0.147. The molecule has 1 atom stereocenters. The topological polar surface area (TPSA) is 71.5 Å². The van der Waals surface area contributed by atoms with Crippen molar-refractivity contribution in [1.29, 1.82) is 0 Å². The fraction of sp³-hybridized carbons (Fsp3) is 0.273. The molecule has 1 heterocycles. The fourth-order valence-electron chi connectivity index (χ4n) is 1.40. The van der Waals surface area contributed by atoms with Crippen molar-refractivity contribution in [1.82, 2.24) is 4.98 Å². The molecule has 0 fully saturated rings. The molecule has 0 saturated carbocycles. The number of aliphatic carboxylic acids is 1. The van der Waals surface area contributed by atoms with E-state index in [0.29, 0.717) is 5.13 Å². The maximum Gasteiger partial charge on any atom is 0.334 e. The lowest BCUT2D eigenvalue weighted by atomic mass is 10.3. The Bertz CT molecular complexity index is 493. The van der Waals surface area contributed by atoms with Gasteiger partial charge in [0.05, 0.1) is 16.8 Å². The number of hydrogen-bond donors (Lipinski definition) is 2. The molecule has 0 amide bonds. The Morgan fingerprint density at radius 1 is 1.59 bits per heavy atom. The largest absolute Gasteiger partial charge is 0.479 e. The van der Waals surface area contributed by atoms with Crippen LogP contribution in [0.1, 0.15) is 0 Å². The third-order valence-corrected chi connectivity index (χ3v) is 3.29. The van der Waals surface area contributed by atoms with Crippen LogP contribution in [0.2, 0.25) is 0 Å². The molecule has 0 saturated heterocycles. The average Bonchev–Trinajstić information content (AvgIpc) is 2.71. The van der Waals surface area contributed by atoms with Gasteiger partial charge in [0.1, 0.15) is 0 Å². The molecule has 0 spiro atoms. The van der Waals surface area contributed by atoms with Crippen molar-refractivity contribution in [2.45, 2.75) is 6.10 Å². The molecule has 0 unspecified atom stereocenters. The molecule has 17 heavy (non-hydrogen) atoms. The first-order chi connectivity index (χ1) is 8.20. The quantitative estimate of drug-likeness (QED) is 0.849. The van der Waals surface area contributed by atoms with E-state index < -0.39 is 12.1 Å². The number of nitrogens with zero attached hydrogens (tertiary/aromatic N) is 1. The van der Waals surface area contributed by atoms with Crippen LogP contribution in [-0.4, -0.2) is 35.8 Å². The van der Waals surface area contributed by atoms with Gasteiger partial charge in [-0.25, -0.2) is 9.78 Å². The van der Waals surface area contributed by atoms with Crippen LogP contribution in [0.4, 0.5) is 5.13 Å². The number of aromatic nitrogens is 1. The van der Waals surface area contributed by atoms with Crippen LogP contribution in [0.15, 0.2) is 24.3 Å². The van der Waals surface area contributed by atoms with E-state index in [1.54, 1.807) is 0 Å². The number of hydrogen-bond acceptors (Lipinski definition) is 5. The van der Waals surface area contributed by atoms with Gasteiger partial charge in [-0.15, -0.1) is 0 Å². The highest BCUT2D eigenvalue weighted by atomic mass is 32.1. The Labute approximate surface area is 102 Å². The van der Waals surface area contributed by atoms with Gasteiger partial charge < -0.3 is 15.2 Å². The van der Waals surface area contributed by atoms with Gasteiger partial charge in [0.25, 0.3) is 0 Å². The molecule has 2 rings (SSSR count). The number of anilines is 1. The molecule has 1 aromatic heterocycles. The fourth-order valence-corrected chi connectivity index (χ4v) is 2.27. The molecule has 0 bridgehead atoms. The summed E-state index contributed by atoms with van der Waals surface area (Å²) in [6.07, 6.45) is -0.859. The Kier molecular flexibility index (Phi) is 3.55. The monoisotopic (exact) mass is 252 g/mol. The maximum absolute atomic E-state index is 10.7. The zero-order valence-electron chi connectivity index (χ0n) is 9.21. The van der Waals surface area contributed by atoms with Gasteiger partial charge in [-0.05, 0) is 12.1 Å². The number of rotatable bonds is 5. The van der Waals surface area contributed by atoms with E-state index in [2.05, 4.69) is 10.3 Å². The highest BCUT2D eigenvalue weighted by Crippen LogP contribution is 2.25. The van der Waals surface area contributed by atoms with Crippen LogP contribution in [-0.2, 0) is 9.53 Å². The van der Waals surface area contributed by atoms with Crippen LogP contribution < -0.4 is 5.32 Å². The maximum atomic E-state index is 10.7. The molecule has 0 aliphatic rings. The van der Waals surface area contributed by atoms with Gasteiger partial charge in [0, 0.05) is 7.11 Å². The molecule has 90 valence electrons. The zero-order chi connectivity index (χ0) is 12.3. The van der Waals surface area contributed by atoms with Crippen LogP contribution in [0.3, 0.4) is 0 Å². The molecule has 5 nitrogen and oxygen atoms in total. The summed E-state index contributed by atoms with van der Waals surface area (Å²) in [6.45, 7) is 0.200. The molecule has 6 heteroatoms. The standard InChI is InChI=1S/C11H12N2O3S/c1-16-8(10(14)15)6-12-11-13-7-4-2-3-5-9(7)17-11/h2-5,8H,6H2,1H3,(H,12,13)(H,14,15)/t8-/m0/s1. The Morgan fingerprint density at radius 2 is 2.35 bits per heavy atom. The van der Waals surface area contributed by atoms with Crippen LogP contribution in [0, 0.1) is 0 Å². The lowest BCUT2D eigenvalue weighted by Crippen LogP contribution is -2.30. The predicted octanol–water partition coefficient (Wildman–Crippen LogP) is 1.81. The smallest absolute Gasteiger partial charge is 0.334 e. The van der Waals surface area contributed by atoms with Gasteiger partial charge in [0.2, 0.25) is 0 Å². The van der Waals surface area contributed by atoms with Crippen molar-refractivity contribution in [2.24, 2.45) is 0 Å². The molecule has 1 aromatic carbocycles. The third kappa shape index (κ3) is 2.72. The van der Waals surface area contributed by atoms with Gasteiger partial charge >= 0.3 is 5.97 Å². The van der Waals surface area contributed by atoms with Crippen molar-refractivity contribution in [3.63, 3.8) is 0 Å². The summed E-state index contributed by atoms with van der Waals surface area (Å²) in [7, 11) is 1.37. The van der Waals surface area contributed by atoms with E-state index >= 15 is 0 Å². The number of para-hydroxylation sites is 1. The molecule has 0 radical (unpaired) electrons. The van der Waals surface area contributed by atoms with E-state index in [-0.39, 0.29) is 6.54 Å². The first kappa shape index (κ1) is 11.8. The second-order valence-electron chi connectivity index (χ2n) is 3.43. The van der Waals surface area contributed by atoms with Gasteiger partial charge in [0.15, 0.2) is 11.2 Å². The summed E-state index contributed by atoms with van der Waals surface area (Å²) in [5.41, 5.74) is 0.907. The summed E-state index contributed by atoms with van der Waals surface area (Å²) in [6, 6.07) is 7.76. The SMILES string of the molecule is CO[C@@H](CNc1nc2ccccc2s1)C(=O)O. The highest BCUT2D eigenvalue weighted by Gasteiger charge is 2.16. The van der Waals surface area contributed by atoms with Gasteiger partial charge in [-0.2, -0.15) is 0 Å². The zero-order valence-corrected chi connectivity index (χ0v) is 10.0. The number of carboxylic acid groups (broad SMARTS) is 1. The van der Waals surface area contributed by atoms with Gasteiger partial charge in [-0.1, -0.05) is 23.5 Å². The summed E-state index contributed by atoms with van der Waals surface area (Å²) in [5.74, 6) is -0.985. The second kappa shape index (κ2) is 5.11. The van der Waals surface area contributed by atoms with Crippen molar-refractivity contribution in [2.75, 3.05) is 19.0 Å². The Morgan fingerprint density at radius 3 is 3.00 bits per heavy atom. The lowest BCUT2D eigenvalue weighted by Gasteiger charge is -2.10. The first-order valence-electron chi connectivity index (χ1n) is 5.05. The van der Waals surface area contributed by atoms with Crippen molar-refractivity contribution in [3.8, 4) is 0 Å². The molecule has 0 aliphatic carbocycles. The van der Waals surface area contributed by atoms with Gasteiger partial charge in [-0.3, -0.25) is 0 Å². The van der Waals surface area contributed by atoms with Crippen LogP contribution in [0.5, 0.6) is 0 Å². The molecular formula is C11H12N2O3S. The van der Waals surface area contributed by atoms with Crippen LogP contribution in [0.25, 0.3) is 10.2 Å². The average molecular weight is 252 g/mol. The van der Waals surface area contributed by atoms with Crippen molar-refractivity contribution < 1.29 is 14.6 Å². The van der Waals surface area contributed by atoms with E-state index in [9.17, 15) is 4.79 Å². The van der Waals surface area contributed by atoms with E-state index in [4.69, 9.17) is 9.84 Å². The minimum atomic E-state index is -0.985. The number of carboxylic acids is 1. The number of methoxy groups -OCH3 is 1. The Balaban J connectivity index is 2.06. The number of fused-ring (bicyclic) bond motifs is 1. The minimum Gasteiger partial charge on any atom is -0.479 e.